The van der Waals surface area contributed by atoms with Gasteiger partial charge in [0.05, 0.1) is 11.4 Å². The van der Waals surface area contributed by atoms with Crippen LogP contribution in [0, 0.1) is 24.7 Å². The van der Waals surface area contributed by atoms with E-state index in [2.05, 4.69) is 10.6 Å². The number of nitrogens with one attached hydrogen (secondary N) is 2. The van der Waals surface area contributed by atoms with Crippen LogP contribution in [0.2, 0.25) is 0 Å². The normalized spacial score (nSPS) is 23.6. The van der Waals surface area contributed by atoms with Crippen molar-refractivity contribution in [2.45, 2.75) is 39.0 Å². The summed E-state index contributed by atoms with van der Waals surface area (Å²) < 4.78 is 3.34. The number of aromatic nitrogens is 2. The molecule has 1 heterocycles. The molecule has 2 saturated carbocycles. The summed E-state index contributed by atoms with van der Waals surface area (Å²) in [6, 6.07) is 9.14. The van der Waals surface area contributed by atoms with Crippen molar-refractivity contribution in [1.82, 2.24) is 14.7 Å². The maximum absolute atomic E-state index is 12.8. The number of rotatable bonds is 5. The summed E-state index contributed by atoms with van der Waals surface area (Å²) in [5.41, 5.74) is 1.62. The quantitative estimate of drug-likeness (QED) is 0.849. The van der Waals surface area contributed by atoms with Crippen LogP contribution in [0.25, 0.3) is 5.69 Å². The first-order valence-electron chi connectivity index (χ1n) is 9.93. The standard InChI is InChI=1S/C21H28N4O2/c1-14-19(20(26)25(24(14)2)18-6-4-3-5-7-18)23-21(27)22-11-10-17-13-15-8-9-16(17)12-15/h3-7,15-17H,8-13H2,1-2H3,(H2,22,23,27)/t15-,16-,17+/m0/s1. The lowest BCUT2D eigenvalue weighted by atomic mass is 9.86. The monoisotopic (exact) mass is 368 g/mol. The van der Waals surface area contributed by atoms with Crippen LogP contribution in [0.1, 0.15) is 37.8 Å². The fourth-order valence-electron chi connectivity index (χ4n) is 4.97. The number of para-hydroxylation sites is 1. The van der Waals surface area contributed by atoms with E-state index in [4.69, 9.17) is 0 Å². The summed E-state index contributed by atoms with van der Waals surface area (Å²) in [7, 11) is 1.82. The Morgan fingerprint density at radius 2 is 1.96 bits per heavy atom. The molecule has 2 aromatic rings. The molecule has 0 aliphatic heterocycles. The van der Waals surface area contributed by atoms with E-state index in [1.54, 1.807) is 9.36 Å². The van der Waals surface area contributed by atoms with Crippen molar-refractivity contribution in [2.24, 2.45) is 24.8 Å². The number of hydrogen-bond acceptors (Lipinski definition) is 2. The number of urea groups is 1. The van der Waals surface area contributed by atoms with E-state index in [9.17, 15) is 9.59 Å². The van der Waals surface area contributed by atoms with E-state index in [1.165, 1.54) is 25.7 Å². The lowest BCUT2D eigenvalue weighted by Crippen LogP contribution is -2.33. The molecule has 2 fully saturated rings. The second kappa shape index (κ2) is 7.25. The molecule has 2 N–H and O–H groups in total. The summed E-state index contributed by atoms with van der Waals surface area (Å²) in [4.78, 5) is 25.1. The highest BCUT2D eigenvalue weighted by Gasteiger charge is 2.38. The average molecular weight is 368 g/mol. The average Bonchev–Trinajstić information content (AvgIpc) is 3.34. The molecular formula is C21H28N4O2. The van der Waals surface area contributed by atoms with E-state index in [1.807, 2.05) is 44.3 Å². The zero-order valence-electron chi connectivity index (χ0n) is 16.1. The number of amides is 2. The predicted molar refractivity (Wildman–Crippen MR) is 106 cm³/mol. The molecule has 2 amide bonds. The number of fused-ring (bicyclic) bond motifs is 2. The summed E-state index contributed by atoms with van der Waals surface area (Å²) in [5.74, 6) is 2.56. The Morgan fingerprint density at radius 1 is 1.19 bits per heavy atom. The van der Waals surface area contributed by atoms with E-state index >= 15 is 0 Å². The van der Waals surface area contributed by atoms with Crippen LogP contribution in [0.5, 0.6) is 0 Å². The predicted octanol–water partition coefficient (Wildman–Crippen LogP) is 3.43. The van der Waals surface area contributed by atoms with Gasteiger partial charge in [-0.2, -0.15) is 0 Å². The summed E-state index contributed by atoms with van der Waals surface area (Å²) in [5, 5.41) is 5.70. The van der Waals surface area contributed by atoms with Crippen molar-refractivity contribution >= 4 is 11.7 Å². The first kappa shape index (κ1) is 17.9. The molecule has 6 nitrogen and oxygen atoms in total. The third kappa shape index (κ3) is 3.40. The Morgan fingerprint density at radius 3 is 2.63 bits per heavy atom. The van der Waals surface area contributed by atoms with Gasteiger partial charge in [-0.25, -0.2) is 9.48 Å². The third-order valence-electron chi connectivity index (χ3n) is 6.48. The van der Waals surface area contributed by atoms with Gasteiger partial charge in [0.15, 0.2) is 0 Å². The van der Waals surface area contributed by atoms with Crippen molar-refractivity contribution < 1.29 is 4.79 Å². The minimum absolute atomic E-state index is 0.218. The SMILES string of the molecule is Cc1c(NC(=O)NCC[C@@H]2C[C@H]3CC[C@H]2C3)c(=O)n(-c2ccccc2)n1C. The molecule has 0 saturated heterocycles. The zero-order chi connectivity index (χ0) is 19.0. The molecule has 1 aromatic heterocycles. The Balaban J connectivity index is 1.39. The van der Waals surface area contributed by atoms with Crippen LogP contribution in [0.4, 0.5) is 10.5 Å². The Hall–Kier alpha value is -2.50. The van der Waals surface area contributed by atoms with Gasteiger partial charge in [-0.1, -0.05) is 24.6 Å². The summed E-state index contributed by atoms with van der Waals surface area (Å²) >= 11 is 0. The fraction of sp³-hybridized carbons (Fsp3) is 0.524. The zero-order valence-corrected chi connectivity index (χ0v) is 16.1. The molecule has 144 valence electrons. The Labute approximate surface area is 159 Å². The second-order valence-electron chi connectivity index (χ2n) is 8.04. The minimum Gasteiger partial charge on any atom is -0.338 e. The van der Waals surface area contributed by atoms with Crippen LogP contribution in [0.15, 0.2) is 35.1 Å². The summed E-state index contributed by atoms with van der Waals surface area (Å²) in [6.07, 6.45) is 6.52. The van der Waals surface area contributed by atoms with Crippen molar-refractivity contribution in [2.75, 3.05) is 11.9 Å². The third-order valence-corrected chi connectivity index (χ3v) is 6.48. The molecule has 1 aromatic carbocycles. The van der Waals surface area contributed by atoms with Crippen molar-refractivity contribution in [1.29, 1.82) is 0 Å². The highest BCUT2D eigenvalue weighted by atomic mass is 16.2. The van der Waals surface area contributed by atoms with E-state index < -0.39 is 0 Å². The maximum Gasteiger partial charge on any atom is 0.319 e. The van der Waals surface area contributed by atoms with Crippen molar-refractivity contribution in [3.63, 3.8) is 0 Å². The summed E-state index contributed by atoms with van der Waals surface area (Å²) in [6.45, 7) is 2.50. The van der Waals surface area contributed by atoms with Crippen molar-refractivity contribution in [3.8, 4) is 5.69 Å². The van der Waals surface area contributed by atoms with Gasteiger partial charge in [0, 0.05) is 13.6 Å². The molecule has 4 rings (SSSR count). The smallest absolute Gasteiger partial charge is 0.319 e. The topological polar surface area (TPSA) is 68.1 Å². The number of carbonyl (C=O) groups is 1. The molecule has 0 radical (unpaired) electrons. The molecule has 0 spiro atoms. The van der Waals surface area contributed by atoms with Gasteiger partial charge in [0.25, 0.3) is 5.56 Å². The molecule has 3 atom stereocenters. The maximum atomic E-state index is 12.8. The number of hydrogen-bond donors (Lipinski definition) is 2. The number of nitrogens with zero attached hydrogens (tertiary/aromatic N) is 2. The van der Waals surface area contributed by atoms with Gasteiger partial charge in [-0.15, -0.1) is 0 Å². The first-order valence-corrected chi connectivity index (χ1v) is 9.93. The van der Waals surface area contributed by atoms with Crippen LogP contribution in [-0.2, 0) is 7.05 Å². The van der Waals surface area contributed by atoms with Crippen LogP contribution in [-0.4, -0.2) is 21.9 Å². The highest BCUT2D eigenvalue weighted by molar-refractivity contribution is 5.89. The number of benzene rings is 1. The number of anilines is 1. The molecule has 2 bridgehead atoms. The number of carbonyl (C=O) groups excluding carboxylic acids is 1. The van der Waals surface area contributed by atoms with Gasteiger partial charge >= 0.3 is 6.03 Å². The molecule has 2 aliphatic carbocycles. The lowest BCUT2D eigenvalue weighted by molar-refractivity contribution is 0.249. The van der Waals surface area contributed by atoms with Crippen LogP contribution < -0.4 is 16.2 Å². The van der Waals surface area contributed by atoms with Gasteiger partial charge in [-0.05, 0) is 62.5 Å². The first-order chi connectivity index (χ1) is 13.0. The van der Waals surface area contributed by atoms with Crippen LogP contribution in [0.3, 0.4) is 0 Å². The van der Waals surface area contributed by atoms with E-state index in [-0.39, 0.29) is 11.6 Å². The lowest BCUT2D eigenvalue weighted by Gasteiger charge is -2.21. The molecular weight excluding hydrogens is 340 g/mol. The fourth-order valence-corrected chi connectivity index (χ4v) is 4.97. The van der Waals surface area contributed by atoms with Gasteiger partial charge in [-0.3, -0.25) is 9.48 Å². The highest BCUT2D eigenvalue weighted by Crippen LogP contribution is 2.49. The molecule has 27 heavy (non-hydrogen) atoms. The Kier molecular flexibility index (Phi) is 4.81. The molecule has 2 aliphatic rings. The van der Waals surface area contributed by atoms with Crippen molar-refractivity contribution in [3.05, 3.63) is 46.4 Å². The molecule has 6 heteroatoms. The Bertz CT molecular complexity index is 884. The van der Waals surface area contributed by atoms with Gasteiger partial charge in [0.2, 0.25) is 0 Å². The van der Waals surface area contributed by atoms with Gasteiger partial charge < -0.3 is 10.6 Å². The van der Waals surface area contributed by atoms with E-state index in [0.29, 0.717) is 12.2 Å². The largest absolute Gasteiger partial charge is 0.338 e. The minimum atomic E-state index is -0.302. The van der Waals surface area contributed by atoms with Crippen LogP contribution >= 0.6 is 0 Å². The van der Waals surface area contributed by atoms with E-state index in [0.717, 1.165) is 35.6 Å². The second-order valence-corrected chi connectivity index (χ2v) is 8.04. The van der Waals surface area contributed by atoms with Gasteiger partial charge in [0.1, 0.15) is 5.69 Å². The molecule has 0 unspecified atom stereocenters.